The Balaban J connectivity index is 1.72. The van der Waals surface area contributed by atoms with Crippen molar-refractivity contribution >= 4 is 35.2 Å². The van der Waals surface area contributed by atoms with Crippen molar-refractivity contribution in [2.75, 3.05) is 5.75 Å². The van der Waals surface area contributed by atoms with E-state index in [2.05, 4.69) is 5.32 Å². The maximum atomic E-state index is 13.4. The molecule has 1 aliphatic rings. The molecule has 1 N–H and O–H groups in total. The molecule has 0 aliphatic heterocycles. The molecule has 4 nitrogen and oxygen atoms in total. The normalized spacial score (nSPS) is 14.8. The highest BCUT2D eigenvalue weighted by atomic mass is 35.5. The lowest BCUT2D eigenvalue weighted by molar-refractivity contribution is -0.139. The van der Waals surface area contributed by atoms with Crippen molar-refractivity contribution in [3.63, 3.8) is 0 Å². The molecule has 2 aromatic rings. The van der Waals surface area contributed by atoms with Gasteiger partial charge in [-0.25, -0.2) is 0 Å². The van der Waals surface area contributed by atoms with Crippen LogP contribution in [-0.2, 0) is 21.9 Å². The highest BCUT2D eigenvalue weighted by molar-refractivity contribution is 7.99. The van der Waals surface area contributed by atoms with Gasteiger partial charge in [-0.1, -0.05) is 73.8 Å². The molecule has 0 aromatic heterocycles. The van der Waals surface area contributed by atoms with Gasteiger partial charge in [0.2, 0.25) is 11.8 Å². The number of rotatable bonds is 10. The molecular weight excluding hydrogens is 440 g/mol. The first-order valence-corrected chi connectivity index (χ1v) is 13.0. The fraction of sp³-hybridized carbons (Fsp3) is 0.462. The van der Waals surface area contributed by atoms with Crippen LogP contribution < -0.4 is 5.32 Å². The Hall–Kier alpha value is -1.98. The molecule has 3 rings (SSSR count). The lowest BCUT2D eigenvalue weighted by atomic mass is 10.1. The second-order valence-corrected chi connectivity index (χ2v) is 9.84. The zero-order valence-electron chi connectivity index (χ0n) is 19.0. The Morgan fingerprint density at radius 1 is 1.09 bits per heavy atom. The van der Waals surface area contributed by atoms with Crippen LogP contribution in [0.3, 0.4) is 0 Å². The van der Waals surface area contributed by atoms with Crippen LogP contribution in [-0.4, -0.2) is 34.6 Å². The van der Waals surface area contributed by atoms with E-state index in [0.717, 1.165) is 42.4 Å². The summed E-state index contributed by atoms with van der Waals surface area (Å²) in [6.45, 7) is 4.46. The molecule has 1 aliphatic carbocycles. The molecule has 0 saturated heterocycles. The Labute approximate surface area is 201 Å². The average molecular weight is 473 g/mol. The van der Waals surface area contributed by atoms with E-state index in [4.69, 9.17) is 11.6 Å². The minimum Gasteiger partial charge on any atom is -0.352 e. The maximum absolute atomic E-state index is 13.4. The molecular formula is C26H33ClN2O2S. The zero-order valence-corrected chi connectivity index (χ0v) is 20.6. The predicted octanol–water partition coefficient (Wildman–Crippen LogP) is 5.75. The van der Waals surface area contributed by atoms with E-state index in [0.29, 0.717) is 29.5 Å². The van der Waals surface area contributed by atoms with Crippen LogP contribution in [0.5, 0.6) is 0 Å². The first-order valence-electron chi connectivity index (χ1n) is 11.4. The number of thioether (sulfide) groups is 1. The van der Waals surface area contributed by atoms with Gasteiger partial charge in [0.15, 0.2) is 0 Å². The Morgan fingerprint density at radius 2 is 1.75 bits per heavy atom. The standard InChI is InChI=1S/C26H33ClN2O2S/c1-3-24(26(31)28-22-13-7-8-14-22)29(16-20-11-5-4-10-19(20)2)25(30)18-32-17-21-12-6-9-15-23(21)27/h4-6,9-12,15,22,24H,3,7-8,13-14,16-18H2,1-2H3,(H,28,31). The molecule has 0 heterocycles. The van der Waals surface area contributed by atoms with Crippen molar-refractivity contribution in [3.05, 3.63) is 70.2 Å². The monoisotopic (exact) mass is 472 g/mol. The van der Waals surface area contributed by atoms with Gasteiger partial charge in [-0.15, -0.1) is 11.8 Å². The number of benzene rings is 2. The van der Waals surface area contributed by atoms with Crippen LogP contribution in [0.4, 0.5) is 0 Å². The quantitative estimate of drug-likeness (QED) is 0.479. The average Bonchev–Trinajstić information content (AvgIpc) is 3.29. The summed E-state index contributed by atoms with van der Waals surface area (Å²) in [6.07, 6.45) is 4.97. The summed E-state index contributed by atoms with van der Waals surface area (Å²) in [7, 11) is 0. The highest BCUT2D eigenvalue weighted by Gasteiger charge is 2.30. The summed E-state index contributed by atoms with van der Waals surface area (Å²) in [6, 6.07) is 15.5. The van der Waals surface area contributed by atoms with Gasteiger partial charge in [0.25, 0.3) is 0 Å². The molecule has 0 bridgehead atoms. The number of nitrogens with one attached hydrogen (secondary N) is 1. The highest BCUT2D eigenvalue weighted by Crippen LogP contribution is 2.23. The van der Waals surface area contributed by atoms with Gasteiger partial charge in [-0.05, 0) is 48.9 Å². The van der Waals surface area contributed by atoms with Gasteiger partial charge >= 0.3 is 0 Å². The third-order valence-corrected chi connectivity index (χ3v) is 7.47. The Morgan fingerprint density at radius 3 is 2.41 bits per heavy atom. The minimum atomic E-state index is -0.469. The molecule has 2 aromatic carbocycles. The van der Waals surface area contributed by atoms with Crippen LogP contribution in [0.15, 0.2) is 48.5 Å². The summed E-state index contributed by atoms with van der Waals surface area (Å²) in [4.78, 5) is 28.3. The second-order valence-electron chi connectivity index (χ2n) is 8.45. The van der Waals surface area contributed by atoms with Crippen molar-refractivity contribution in [1.82, 2.24) is 10.2 Å². The first kappa shape index (κ1) is 24.7. The fourth-order valence-electron chi connectivity index (χ4n) is 4.20. The first-order chi connectivity index (χ1) is 15.5. The van der Waals surface area contributed by atoms with Gasteiger partial charge < -0.3 is 10.2 Å². The molecule has 0 radical (unpaired) electrons. The molecule has 2 amide bonds. The topological polar surface area (TPSA) is 49.4 Å². The Bertz CT molecular complexity index is 914. The maximum Gasteiger partial charge on any atom is 0.243 e. The summed E-state index contributed by atoms with van der Waals surface area (Å²) in [5, 5.41) is 3.91. The second kappa shape index (κ2) is 12.3. The number of hydrogen-bond acceptors (Lipinski definition) is 3. The molecule has 1 saturated carbocycles. The van der Waals surface area contributed by atoms with Crippen molar-refractivity contribution in [3.8, 4) is 0 Å². The Kier molecular flexibility index (Phi) is 9.49. The molecule has 32 heavy (non-hydrogen) atoms. The SMILES string of the molecule is CCC(C(=O)NC1CCCC1)N(Cc1ccccc1C)C(=O)CSCc1ccccc1Cl. The van der Waals surface area contributed by atoms with Crippen molar-refractivity contribution in [1.29, 1.82) is 0 Å². The third kappa shape index (κ3) is 6.76. The van der Waals surface area contributed by atoms with Crippen LogP contribution in [0.2, 0.25) is 5.02 Å². The summed E-state index contributed by atoms with van der Waals surface area (Å²) < 4.78 is 0. The smallest absolute Gasteiger partial charge is 0.243 e. The molecule has 1 fully saturated rings. The predicted molar refractivity (Wildman–Crippen MR) is 134 cm³/mol. The molecule has 6 heteroatoms. The van der Waals surface area contributed by atoms with E-state index in [1.807, 2.05) is 62.4 Å². The van der Waals surface area contributed by atoms with Crippen molar-refractivity contribution < 1.29 is 9.59 Å². The van der Waals surface area contributed by atoms with E-state index < -0.39 is 6.04 Å². The third-order valence-electron chi connectivity index (χ3n) is 6.13. The lowest BCUT2D eigenvalue weighted by Crippen LogP contribution is -2.51. The van der Waals surface area contributed by atoms with Crippen LogP contribution in [0.25, 0.3) is 0 Å². The number of halogens is 1. The van der Waals surface area contributed by atoms with E-state index in [1.165, 1.54) is 11.8 Å². The van der Waals surface area contributed by atoms with E-state index in [1.54, 1.807) is 4.90 Å². The summed E-state index contributed by atoms with van der Waals surface area (Å²) in [5.74, 6) is 0.926. The zero-order chi connectivity index (χ0) is 22.9. The summed E-state index contributed by atoms with van der Waals surface area (Å²) >= 11 is 7.80. The van der Waals surface area contributed by atoms with Gasteiger partial charge in [0.1, 0.15) is 6.04 Å². The van der Waals surface area contributed by atoms with Crippen molar-refractivity contribution in [2.24, 2.45) is 0 Å². The van der Waals surface area contributed by atoms with Crippen LogP contribution in [0.1, 0.15) is 55.7 Å². The van der Waals surface area contributed by atoms with Gasteiger partial charge in [-0.2, -0.15) is 0 Å². The van der Waals surface area contributed by atoms with Gasteiger partial charge in [0.05, 0.1) is 5.75 Å². The summed E-state index contributed by atoms with van der Waals surface area (Å²) in [5.41, 5.74) is 3.22. The number of nitrogens with zero attached hydrogens (tertiary/aromatic N) is 1. The largest absolute Gasteiger partial charge is 0.352 e. The molecule has 1 unspecified atom stereocenters. The fourth-order valence-corrected chi connectivity index (χ4v) is 5.40. The van der Waals surface area contributed by atoms with E-state index in [-0.39, 0.29) is 17.9 Å². The van der Waals surface area contributed by atoms with E-state index >= 15 is 0 Å². The lowest BCUT2D eigenvalue weighted by Gasteiger charge is -2.32. The number of amides is 2. The number of hydrogen-bond donors (Lipinski definition) is 1. The number of aryl methyl sites for hydroxylation is 1. The molecule has 172 valence electrons. The van der Waals surface area contributed by atoms with E-state index in [9.17, 15) is 9.59 Å². The van der Waals surface area contributed by atoms with Gasteiger partial charge in [0, 0.05) is 23.4 Å². The van der Waals surface area contributed by atoms with Gasteiger partial charge in [-0.3, -0.25) is 9.59 Å². The molecule has 0 spiro atoms. The van der Waals surface area contributed by atoms with Crippen LogP contribution in [0, 0.1) is 6.92 Å². The number of carbonyl (C=O) groups excluding carboxylic acids is 2. The number of carbonyl (C=O) groups is 2. The van der Waals surface area contributed by atoms with Crippen LogP contribution >= 0.6 is 23.4 Å². The van der Waals surface area contributed by atoms with Crippen molar-refractivity contribution in [2.45, 2.75) is 70.3 Å². The molecule has 1 atom stereocenters. The minimum absolute atomic E-state index is 0.0151.